The predicted octanol–water partition coefficient (Wildman–Crippen LogP) is 6.14. The molecular weight excluding hydrogens is 318 g/mol. The van der Waals surface area contributed by atoms with E-state index in [1.165, 1.54) is 5.56 Å². The number of nitrogens with zero attached hydrogens (tertiary/aromatic N) is 1. The molecule has 2 nitrogen and oxygen atoms in total. The van der Waals surface area contributed by atoms with E-state index in [1.54, 1.807) is 0 Å². The van der Waals surface area contributed by atoms with Gasteiger partial charge >= 0.3 is 0 Å². The molecule has 0 N–H and O–H groups in total. The lowest BCUT2D eigenvalue weighted by molar-refractivity contribution is 0.514. The van der Waals surface area contributed by atoms with Gasteiger partial charge in [0.15, 0.2) is 0 Å². The number of benzene rings is 3. The van der Waals surface area contributed by atoms with E-state index in [9.17, 15) is 0 Å². The van der Waals surface area contributed by atoms with E-state index in [1.807, 2.05) is 86.7 Å². The van der Waals surface area contributed by atoms with Crippen molar-refractivity contribution >= 4 is 11.5 Å². The van der Waals surface area contributed by atoms with Crippen LogP contribution in [0.3, 0.4) is 0 Å². The van der Waals surface area contributed by atoms with Crippen LogP contribution in [0, 0.1) is 0 Å². The Morgan fingerprint density at radius 2 is 1.50 bits per heavy atom. The monoisotopic (exact) mass is 341 g/mol. The smallest absolute Gasteiger partial charge is 0.130 e. The fourth-order valence-electron chi connectivity index (χ4n) is 2.68. The fourth-order valence-corrected chi connectivity index (χ4v) is 2.68. The minimum absolute atomic E-state index is 0.682. The predicted molar refractivity (Wildman–Crippen MR) is 110 cm³/mol. The molecule has 3 aromatic rings. The second kappa shape index (κ2) is 8.82. The number of allylic oxidation sites excluding steroid dienone is 1. The maximum absolute atomic E-state index is 6.11. The van der Waals surface area contributed by atoms with E-state index in [-0.39, 0.29) is 0 Å². The Hall–Kier alpha value is -3.13. The van der Waals surface area contributed by atoms with Crippen LogP contribution < -0.4 is 4.74 Å². The molecule has 0 aliphatic carbocycles. The van der Waals surface area contributed by atoms with Crippen molar-refractivity contribution in [2.24, 2.45) is 4.99 Å². The summed E-state index contributed by atoms with van der Waals surface area (Å²) in [6.45, 7) is 4.70. The highest BCUT2D eigenvalue weighted by Crippen LogP contribution is 2.22. The van der Waals surface area contributed by atoms with Crippen LogP contribution in [0.5, 0.6) is 5.75 Å². The molecule has 0 fully saturated rings. The first-order chi connectivity index (χ1) is 12.8. The summed E-state index contributed by atoms with van der Waals surface area (Å²) in [6, 6.07) is 28.5. The Kier molecular flexibility index (Phi) is 6.00. The molecule has 0 aliphatic rings. The third kappa shape index (κ3) is 4.70. The average molecular weight is 341 g/mol. The Morgan fingerprint density at radius 3 is 2.19 bits per heavy atom. The maximum atomic E-state index is 6.11. The molecule has 130 valence electrons. The highest BCUT2D eigenvalue weighted by atomic mass is 16.5. The first kappa shape index (κ1) is 17.7. The van der Waals surface area contributed by atoms with E-state index in [2.05, 4.69) is 18.2 Å². The molecule has 3 aromatic carbocycles. The summed E-state index contributed by atoms with van der Waals surface area (Å²) in [5, 5.41) is 0. The van der Waals surface area contributed by atoms with Crippen LogP contribution in [-0.2, 0) is 6.54 Å². The zero-order chi connectivity index (χ0) is 18.2. The molecule has 0 bridgehead atoms. The van der Waals surface area contributed by atoms with Gasteiger partial charge in [-0.1, -0.05) is 72.8 Å². The molecule has 0 saturated carbocycles. The summed E-state index contributed by atoms with van der Waals surface area (Å²) in [5.41, 5.74) is 4.34. The lowest BCUT2D eigenvalue weighted by Gasteiger charge is -2.11. The van der Waals surface area contributed by atoms with E-state index in [0.717, 1.165) is 28.3 Å². The summed E-state index contributed by atoms with van der Waals surface area (Å²) in [4.78, 5) is 4.71. The Balaban J connectivity index is 1.75. The van der Waals surface area contributed by atoms with Gasteiger partial charge in [-0.15, -0.1) is 0 Å². The molecule has 0 saturated heterocycles. The van der Waals surface area contributed by atoms with Crippen LogP contribution in [0.25, 0.3) is 5.76 Å². The highest BCUT2D eigenvalue weighted by Gasteiger charge is 2.05. The Morgan fingerprint density at radius 1 is 0.846 bits per heavy atom. The van der Waals surface area contributed by atoms with Crippen LogP contribution in [-0.4, -0.2) is 5.71 Å². The molecule has 0 aromatic heterocycles. The minimum atomic E-state index is 0.682. The lowest BCUT2D eigenvalue weighted by Crippen LogP contribution is -1.99. The van der Waals surface area contributed by atoms with Gasteiger partial charge in [0.2, 0.25) is 0 Å². The summed E-state index contributed by atoms with van der Waals surface area (Å²) in [6.07, 6.45) is 1.98. The van der Waals surface area contributed by atoms with Crippen molar-refractivity contribution in [2.45, 2.75) is 20.4 Å². The maximum Gasteiger partial charge on any atom is 0.130 e. The molecule has 2 heteroatoms. The first-order valence-electron chi connectivity index (χ1n) is 8.81. The second-order valence-corrected chi connectivity index (χ2v) is 6.04. The van der Waals surface area contributed by atoms with E-state index in [4.69, 9.17) is 9.73 Å². The molecule has 0 spiro atoms. The largest absolute Gasteiger partial charge is 0.457 e. The van der Waals surface area contributed by atoms with Gasteiger partial charge in [0, 0.05) is 11.3 Å². The van der Waals surface area contributed by atoms with Crippen molar-refractivity contribution in [3.63, 3.8) is 0 Å². The Labute approximate surface area is 155 Å². The highest BCUT2D eigenvalue weighted by molar-refractivity contribution is 5.99. The third-order valence-corrected chi connectivity index (χ3v) is 4.14. The minimum Gasteiger partial charge on any atom is -0.457 e. The molecule has 0 aliphatic heterocycles. The van der Waals surface area contributed by atoms with Gasteiger partial charge in [0.05, 0.1) is 6.54 Å². The van der Waals surface area contributed by atoms with Crippen molar-refractivity contribution in [1.82, 2.24) is 0 Å². The molecular formula is C24H23NO. The van der Waals surface area contributed by atoms with E-state index < -0.39 is 0 Å². The first-order valence-corrected chi connectivity index (χ1v) is 8.81. The molecule has 0 atom stereocenters. The fraction of sp³-hybridized carbons (Fsp3) is 0.125. The van der Waals surface area contributed by atoms with Crippen molar-refractivity contribution < 1.29 is 4.74 Å². The number of rotatable bonds is 6. The topological polar surface area (TPSA) is 21.6 Å². The van der Waals surface area contributed by atoms with Gasteiger partial charge in [-0.25, -0.2) is 0 Å². The zero-order valence-electron chi connectivity index (χ0n) is 15.2. The van der Waals surface area contributed by atoms with Crippen molar-refractivity contribution in [3.05, 3.63) is 108 Å². The molecule has 3 rings (SSSR count). The van der Waals surface area contributed by atoms with Crippen LogP contribution in [0.1, 0.15) is 30.5 Å². The zero-order valence-corrected chi connectivity index (χ0v) is 15.2. The van der Waals surface area contributed by atoms with Crippen LogP contribution in [0.15, 0.2) is 96.0 Å². The molecule has 0 unspecified atom stereocenters. The quantitative estimate of drug-likeness (QED) is 0.390. The standard InChI is InChI=1S/C24H23NO/c1-3-24(21-13-8-5-9-14-21)26-23-16-10-15-22(17-23)19(2)25-18-20-11-6-4-7-12-20/h3-17H,18H2,1-2H3/b24-3-,25-19?. The van der Waals surface area contributed by atoms with Crippen LogP contribution in [0.2, 0.25) is 0 Å². The second-order valence-electron chi connectivity index (χ2n) is 6.04. The van der Waals surface area contributed by atoms with Crippen molar-refractivity contribution in [3.8, 4) is 5.75 Å². The molecule has 0 amide bonds. The van der Waals surface area contributed by atoms with Gasteiger partial charge in [0.1, 0.15) is 11.5 Å². The number of hydrogen-bond acceptors (Lipinski definition) is 2. The van der Waals surface area contributed by atoms with E-state index in [0.29, 0.717) is 6.54 Å². The van der Waals surface area contributed by atoms with Gasteiger partial charge in [-0.3, -0.25) is 4.99 Å². The summed E-state index contributed by atoms with van der Waals surface area (Å²) >= 11 is 0. The average Bonchev–Trinajstić information content (AvgIpc) is 2.72. The summed E-state index contributed by atoms with van der Waals surface area (Å²) in [5.74, 6) is 1.66. The lowest BCUT2D eigenvalue weighted by atomic mass is 10.1. The SMILES string of the molecule is C/C=C(\Oc1cccc(C(C)=NCc2ccccc2)c1)c1ccccc1. The van der Waals surface area contributed by atoms with Crippen LogP contribution >= 0.6 is 0 Å². The molecule has 0 radical (unpaired) electrons. The number of aliphatic imine (C=N–C) groups is 1. The van der Waals surface area contributed by atoms with E-state index >= 15 is 0 Å². The summed E-state index contributed by atoms with van der Waals surface area (Å²) in [7, 11) is 0. The van der Waals surface area contributed by atoms with Crippen molar-refractivity contribution in [1.29, 1.82) is 0 Å². The summed E-state index contributed by atoms with van der Waals surface area (Å²) < 4.78 is 6.11. The van der Waals surface area contributed by atoms with Crippen LogP contribution in [0.4, 0.5) is 0 Å². The van der Waals surface area contributed by atoms with Crippen molar-refractivity contribution in [2.75, 3.05) is 0 Å². The van der Waals surface area contributed by atoms with Gasteiger partial charge in [-0.2, -0.15) is 0 Å². The molecule has 26 heavy (non-hydrogen) atoms. The number of ether oxygens (including phenoxy) is 1. The number of hydrogen-bond donors (Lipinski definition) is 0. The molecule has 0 heterocycles. The normalized spacial score (nSPS) is 12.1. The van der Waals surface area contributed by atoms with Gasteiger partial charge < -0.3 is 4.74 Å². The Bertz CT molecular complexity index is 896. The van der Waals surface area contributed by atoms with Gasteiger partial charge in [0.25, 0.3) is 0 Å². The van der Waals surface area contributed by atoms with Gasteiger partial charge in [-0.05, 0) is 43.2 Å². The third-order valence-electron chi connectivity index (χ3n) is 4.14.